The molecule has 0 unspecified atom stereocenters. The molecule has 3 aromatic heterocycles. The topological polar surface area (TPSA) is 104 Å². The number of alkyl halides is 2. The Labute approximate surface area is 171 Å². The molecular formula is C20H21F2N5O3. The van der Waals surface area contributed by atoms with Crippen LogP contribution in [0.15, 0.2) is 30.6 Å². The minimum absolute atomic E-state index is 0.153. The number of pyridine rings is 1. The van der Waals surface area contributed by atoms with E-state index in [0.29, 0.717) is 35.5 Å². The van der Waals surface area contributed by atoms with Gasteiger partial charge >= 0.3 is 6.03 Å². The van der Waals surface area contributed by atoms with Gasteiger partial charge < -0.3 is 19.6 Å². The molecule has 0 aliphatic carbocycles. The molecule has 0 bridgehead atoms. The van der Waals surface area contributed by atoms with Crippen LogP contribution in [-0.4, -0.2) is 40.7 Å². The van der Waals surface area contributed by atoms with Gasteiger partial charge in [0.15, 0.2) is 0 Å². The maximum atomic E-state index is 13.7. The van der Waals surface area contributed by atoms with Gasteiger partial charge in [-0.1, -0.05) is 0 Å². The van der Waals surface area contributed by atoms with Crippen LogP contribution in [0.25, 0.3) is 16.8 Å². The summed E-state index contributed by atoms with van der Waals surface area (Å²) in [5, 5.41) is 2.42. The highest BCUT2D eigenvalue weighted by Gasteiger charge is 2.39. The molecular weight excluding hydrogens is 396 g/mol. The molecule has 3 aromatic rings. The number of carbonyl (C=O) groups is 1. The van der Waals surface area contributed by atoms with Crippen LogP contribution in [0.5, 0.6) is 0 Å². The molecule has 1 atom stereocenters. The second-order valence-electron chi connectivity index (χ2n) is 7.19. The lowest BCUT2D eigenvalue weighted by molar-refractivity contribution is -0.0247. The number of halogens is 2. The van der Waals surface area contributed by atoms with E-state index < -0.39 is 18.1 Å². The predicted molar refractivity (Wildman–Crippen MR) is 105 cm³/mol. The van der Waals surface area contributed by atoms with Gasteiger partial charge in [0.25, 0.3) is 6.43 Å². The molecule has 158 valence electrons. The van der Waals surface area contributed by atoms with Gasteiger partial charge in [-0.2, -0.15) is 0 Å². The van der Waals surface area contributed by atoms with Gasteiger partial charge in [-0.15, -0.1) is 0 Å². The normalized spacial score (nSPS) is 19.0. The number of methoxy groups -OCH3 is 1. The SMILES string of the molecule is CO[C@@]1(c2cc(C(F)F)cc(-c3cc(C)n4cnc(NC(N)=O)cc34)n2)CCOC1. The van der Waals surface area contributed by atoms with Gasteiger partial charge in [0.05, 0.1) is 23.5 Å². The van der Waals surface area contributed by atoms with Gasteiger partial charge in [-0.3, -0.25) is 5.32 Å². The fourth-order valence-corrected chi connectivity index (χ4v) is 3.72. The van der Waals surface area contributed by atoms with E-state index in [1.165, 1.54) is 25.6 Å². The molecule has 4 heterocycles. The average Bonchev–Trinajstić information content (AvgIpc) is 3.33. The highest BCUT2D eigenvalue weighted by molar-refractivity contribution is 5.89. The van der Waals surface area contributed by atoms with Crippen molar-refractivity contribution in [1.82, 2.24) is 14.4 Å². The lowest BCUT2D eigenvalue weighted by Gasteiger charge is -2.26. The molecule has 2 amide bonds. The number of hydrogen-bond acceptors (Lipinski definition) is 5. The number of aryl methyl sites for hydroxylation is 1. The van der Waals surface area contributed by atoms with Gasteiger partial charge in [0.1, 0.15) is 17.7 Å². The molecule has 0 saturated carbocycles. The molecule has 3 N–H and O–H groups in total. The molecule has 10 heteroatoms. The predicted octanol–water partition coefficient (Wildman–Crippen LogP) is 3.39. The van der Waals surface area contributed by atoms with Crippen molar-refractivity contribution < 1.29 is 23.0 Å². The Morgan fingerprint density at radius 1 is 1.37 bits per heavy atom. The standard InChI is InChI=1S/C20H21F2N5O3/c1-11-5-13(15-8-17(26-19(23)28)24-10-27(11)15)14-6-12(18(21)22)7-16(25-14)20(29-2)3-4-30-9-20/h5-8,10,18H,3-4,9H2,1-2H3,(H3,23,26,28)/t20-/m0/s1. The van der Waals surface area contributed by atoms with E-state index in [0.717, 1.165) is 5.69 Å². The van der Waals surface area contributed by atoms with Crippen molar-refractivity contribution >= 4 is 17.4 Å². The van der Waals surface area contributed by atoms with Crippen LogP contribution in [0.4, 0.5) is 19.4 Å². The van der Waals surface area contributed by atoms with E-state index in [1.807, 2.05) is 13.0 Å². The maximum absolute atomic E-state index is 13.7. The Hall–Kier alpha value is -3.11. The van der Waals surface area contributed by atoms with E-state index in [-0.39, 0.29) is 18.0 Å². The van der Waals surface area contributed by atoms with Crippen LogP contribution in [0.3, 0.4) is 0 Å². The molecule has 1 aliphatic heterocycles. The largest absolute Gasteiger partial charge is 0.378 e. The molecule has 0 aromatic carbocycles. The summed E-state index contributed by atoms with van der Waals surface area (Å²) in [5.74, 6) is 0.247. The molecule has 0 spiro atoms. The molecule has 1 saturated heterocycles. The fourth-order valence-electron chi connectivity index (χ4n) is 3.72. The van der Waals surface area contributed by atoms with Crippen LogP contribution < -0.4 is 11.1 Å². The number of urea groups is 1. The Morgan fingerprint density at radius 3 is 2.80 bits per heavy atom. The minimum atomic E-state index is -2.68. The monoisotopic (exact) mass is 417 g/mol. The van der Waals surface area contributed by atoms with Crippen molar-refractivity contribution in [2.75, 3.05) is 25.6 Å². The molecule has 4 rings (SSSR count). The van der Waals surface area contributed by atoms with Gasteiger partial charge in [0.2, 0.25) is 0 Å². The number of nitrogens with zero attached hydrogens (tertiary/aromatic N) is 3. The van der Waals surface area contributed by atoms with E-state index in [9.17, 15) is 13.6 Å². The number of fused-ring (bicyclic) bond motifs is 1. The van der Waals surface area contributed by atoms with Crippen molar-refractivity contribution in [2.45, 2.75) is 25.4 Å². The van der Waals surface area contributed by atoms with E-state index in [4.69, 9.17) is 15.2 Å². The Morgan fingerprint density at radius 2 is 2.17 bits per heavy atom. The third kappa shape index (κ3) is 3.48. The fraction of sp³-hybridized carbons (Fsp3) is 0.350. The van der Waals surface area contributed by atoms with Crippen molar-refractivity contribution in [3.05, 3.63) is 47.5 Å². The smallest absolute Gasteiger partial charge is 0.317 e. The van der Waals surface area contributed by atoms with E-state index in [2.05, 4.69) is 15.3 Å². The number of anilines is 1. The first-order valence-electron chi connectivity index (χ1n) is 9.31. The van der Waals surface area contributed by atoms with Crippen molar-refractivity contribution in [1.29, 1.82) is 0 Å². The summed E-state index contributed by atoms with van der Waals surface area (Å²) in [6.45, 7) is 2.57. The number of ether oxygens (including phenoxy) is 2. The third-order valence-electron chi connectivity index (χ3n) is 5.32. The lowest BCUT2D eigenvalue weighted by Crippen LogP contribution is -2.30. The quantitative estimate of drug-likeness (QED) is 0.662. The second-order valence-corrected chi connectivity index (χ2v) is 7.19. The van der Waals surface area contributed by atoms with Gasteiger partial charge in [-0.05, 0) is 25.1 Å². The van der Waals surface area contributed by atoms with Crippen molar-refractivity contribution in [2.24, 2.45) is 5.73 Å². The van der Waals surface area contributed by atoms with Crippen LogP contribution >= 0.6 is 0 Å². The Kier molecular flexibility index (Phi) is 5.12. The lowest BCUT2D eigenvalue weighted by atomic mass is 9.95. The third-order valence-corrected chi connectivity index (χ3v) is 5.32. The molecule has 30 heavy (non-hydrogen) atoms. The zero-order valence-corrected chi connectivity index (χ0v) is 16.5. The highest BCUT2D eigenvalue weighted by Crippen LogP contribution is 2.37. The number of hydrogen-bond donors (Lipinski definition) is 2. The number of rotatable bonds is 5. The summed E-state index contributed by atoms with van der Waals surface area (Å²) >= 11 is 0. The van der Waals surface area contributed by atoms with Crippen LogP contribution in [0.2, 0.25) is 0 Å². The van der Waals surface area contributed by atoms with Crippen LogP contribution in [0, 0.1) is 6.92 Å². The summed E-state index contributed by atoms with van der Waals surface area (Å²) in [7, 11) is 1.52. The zero-order valence-electron chi connectivity index (χ0n) is 16.5. The number of nitrogens with one attached hydrogen (secondary N) is 1. The van der Waals surface area contributed by atoms with Crippen molar-refractivity contribution in [3.8, 4) is 11.3 Å². The molecule has 1 aliphatic rings. The van der Waals surface area contributed by atoms with E-state index >= 15 is 0 Å². The average molecular weight is 417 g/mol. The summed E-state index contributed by atoms with van der Waals surface area (Å²) in [6, 6.07) is 5.44. The molecule has 8 nitrogen and oxygen atoms in total. The summed E-state index contributed by atoms with van der Waals surface area (Å²) < 4.78 is 40.3. The Balaban J connectivity index is 1.91. The highest BCUT2D eigenvalue weighted by atomic mass is 19.3. The number of carbonyl (C=O) groups excluding carboxylic acids is 1. The van der Waals surface area contributed by atoms with E-state index in [1.54, 1.807) is 10.5 Å². The number of aromatic nitrogens is 3. The summed E-state index contributed by atoms with van der Waals surface area (Å²) in [6.07, 6.45) is -0.626. The van der Waals surface area contributed by atoms with Gasteiger partial charge in [0, 0.05) is 43.0 Å². The number of primary amides is 1. The zero-order chi connectivity index (χ0) is 21.5. The first-order valence-corrected chi connectivity index (χ1v) is 9.31. The first-order chi connectivity index (χ1) is 14.3. The van der Waals surface area contributed by atoms with Crippen LogP contribution in [0.1, 0.15) is 29.8 Å². The first kappa shape index (κ1) is 20.2. The molecule has 0 radical (unpaired) electrons. The molecule has 1 fully saturated rings. The Bertz CT molecular complexity index is 1110. The minimum Gasteiger partial charge on any atom is -0.378 e. The van der Waals surface area contributed by atoms with Gasteiger partial charge in [-0.25, -0.2) is 23.5 Å². The van der Waals surface area contributed by atoms with Crippen LogP contribution in [-0.2, 0) is 15.1 Å². The van der Waals surface area contributed by atoms with Crippen molar-refractivity contribution in [3.63, 3.8) is 0 Å². The second kappa shape index (κ2) is 7.62. The number of nitrogens with two attached hydrogens (primary N) is 1. The number of amides is 2. The maximum Gasteiger partial charge on any atom is 0.317 e. The summed E-state index contributed by atoms with van der Waals surface area (Å²) in [4.78, 5) is 20.0. The summed E-state index contributed by atoms with van der Waals surface area (Å²) in [5.41, 5.74) is 7.02.